The van der Waals surface area contributed by atoms with Crippen LogP contribution in [0, 0.1) is 13.8 Å². The van der Waals surface area contributed by atoms with Crippen molar-refractivity contribution in [3.8, 4) is 5.75 Å². The molecule has 0 fully saturated rings. The van der Waals surface area contributed by atoms with Crippen LogP contribution in [-0.2, 0) is 4.79 Å². The fourth-order valence-electron chi connectivity index (χ4n) is 2.74. The highest BCUT2D eigenvalue weighted by Gasteiger charge is 2.09. The van der Waals surface area contributed by atoms with Crippen molar-refractivity contribution in [3.05, 3.63) is 64.7 Å². The first-order valence-electron chi connectivity index (χ1n) is 9.21. The van der Waals surface area contributed by atoms with E-state index in [1.165, 1.54) is 5.56 Å². The Hall–Kier alpha value is -2.82. The van der Waals surface area contributed by atoms with Gasteiger partial charge in [0.05, 0.1) is 13.1 Å². The highest BCUT2D eigenvalue weighted by Crippen LogP contribution is 2.18. The molecule has 0 aliphatic carbocycles. The maximum absolute atomic E-state index is 12.1. The van der Waals surface area contributed by atoms with Gasteiger partial charge in [-0.3, -0.25) is 9.59 Å². The Morgan fingerprint density at radius 3 is 2.19 bits per heavy atom. The van der Waals surface area contributed by atoms with Gasteiger partial charge in [-0.25, -0.2) is 0 Å². The van der Waals surface area contributed by atoms with Crippen LogP contribution in [-0.4, -0.2) is 31.5 Å². The molecule has 5 nitrogen and oxygen atoms in total. The molecular weight excluding hydrogens is 340 g/mol. The second-order valence-corrected chi connectivity index (χ2v) is 6.98. The van der Waals surface area contributed by atoms with Crippen LogP contribution >= 0.6 is 0 Å². The fraction of sp³-hybridized carbons (Fsp3) is 0.364. The summed E-state index contributed by atoms with van der Waals surface area (Å²) in [4.78, 5) is 24.0. The average Bonchev–Trinajstić information content (AvgIpc) is 2.62. The maximum atomic E-state index is 12.1. The van der Waals surface area contributed by atoms with Gasteiger partial charge in [-0.05, 0) is 49.6 Å². The topological polar surface area (TPSA) is 67.4 Å². The molecule has 0 unspecified atom stereocenters. The van der Waals surface area contributed by atoms with Crippen molar-refractivity contribution in [3.63, 3.8) is 0 Å². The first kappa shape index (κ1) is 20.5. The van der Waals surface area contributed by atoms with Gasteiger partial charge in [-0.15, -0.1) is 0 Å². The number of benzene rings is 2. The fourth-order valence-corrected chi connectivity index (χ4v) is 2.74. The minimum atomic E-state index is -0.251. The van der Waals surface area contributed by atoms with Crippen molar-refractivity contribution in [2.45, 2.75) is 33.6 Å². The van der Waals surface area contributed by atoms with Gasteiger partial charge >= 0.3 is 0 Å². The van der Waals surface area contributed by atoms with Crippen LogP contribution in [0.15, 0.2) is 42.5 Å². The molecule has 0 heterocycles. The number of hydrogen-bond acceptors (Lipinski definition) is 3. The van der Waals surface area contributed by atoms with Crippen LogP contribution in [0.4, 0.5) is 0 Å². The Bertz CT molecular complexity index is 762. The summed E-state index contributed by atoms with van der Waals surface area (Å²) in [5.74, 6) is 0.763. The van der Waals surface area contributed by atoms with Gasteiger partial charge in [0.15, 0.2) is 0 Å². The van der Waals surface area contributed by atoms with Gasteiger partial charge in [0.1, 0.15) is 12.4 Å². The molecule has 2 aromatic carbocycles. The lowest BCUT2D eigenvalue weighted by Gasteiger charge is -2.10. The Kier molecular flexibility index (Phi) is 7.41. The first-order chi connectivity index (χ1) is 12.8. The minimum absolute atomic E-state index is 0.0606. The van der Waals surface area contributed by atoms with Gasteiger partial charge in [0.2, 0.25) is 5.91 Å². The Labute approximate surface area is 161 Å². The zero-order valence-electron chi connectivity index (χ0n) is 16.5. The molecular formula is C22H28N2O3. The molecule has 144 valence electrons. The first-order valence-corrected chi connectivity index (χ1v) is 9.21. The summed E-state index contributed by atoms with van der Waals surface area (Å²) in [5, 5.41) is 5.37. The molecule has 0 aliphatic rings. The Morgan fingerprint density at radius 1 is 0.963 bits per heavy atom. The predicted molar refractivity (Wildman–Crippen MR) is 107 cm³/mol. The highest BCUT2D eigenvalue weighted by molar-refractivity contribution is 5.96. The normalized spacial score (nSPS) is 10.6. The quantitative estimate of drug-likeness (QED) is 0.702. The molecule has 5 heteroatoms. The molecule has 0 aliphatic heterocycles. The molecule has 0 atom stereocenters. The van der Waals surface area contributed by atoms with Gasteiger partial charge in [-0.2, -0.15) is 0 Å². The lowest BCUT2D eigenvalue weighted by atomic mass is 10.0. The van der Waals surface area contributed by atoms with E-state index >= 15 is 0 Å². The lowest BCUT2D eigenvalue weighted by Crippen LogP contribution is -2.38. The van der Waals surface area contributed by atoms with E-state index in [1.807, 2.05) is 44.2 Å². The zero-order valence-corrected chi connectivity index (χ0v) is 16.5. The van der Waals surface area contributed by atoms with Gasteiger partial charge < -0.3 is 15.4 Å². The Morgan fingerprint density at radius 2 is 1.59 bits per heavy atom. The molecule has 27 heavy (non-hydrogen) atoms. The van der Waals surface area contributed by atoms with Crippen molar-refractivity contribution < 1.29 is 14.3 Å². The summed E-state index contributed by atoms with van der Waals surface area (Å²) in [6.07, 6.45) is 0. The molecule has 2 amide bonds. The number of carbonyl (C=O) groups is 2. The van der Waals surface area contributed by atoms with Gasteiger partial charge in [0, 0.05) is 5.56 Å². The molecule has 2 N–H and O–H groups in total. The summed E-state index contributed by atoms with van der Waals surface area (Å²) < 4.78 is 5.61. The molecule has 0 aromatic heterocycles. The highest BCUT2D eigenvalue weighted by atomic mass is 16.5. The molecule has 0 saturated carbocycles. The van der Waals surface area contributed by atoms with E-state index in [9.17, 15) is 9.59 Å². The molecule has 0 radical (unpaired) electrons. The minimum Gasteiger partial charge on any atom is -0.492 e. The number of carbonyl (C=O) groups excluding carboxylic acids is 2. The van der Waals surface area contributed by atoms with E-state index in [2.05, 4.69) is 24.5 Å². The zero-order chi connectivity index (χ0) is 19.8. The van der Waals surface area contributed by atoms with E-state index in [4.69, 9.17) is 4.74 Å². The number of hydrogen-bond donors (Lipinski definition) is 2. The van der Waals surface area contributed by atoms with E-state index in [0.717, 1.165) is 16.9 Å². The molecule has 2 aromatic rings. The number of amides is 2. The second kappa shape index (κ2) is 9.76. The molecule has 2 rings (SSSR count). The summed E-state index contributed by atoms with van der Waals surface area (Å²) >= 11 is 0. The van der Waals surface area contributed by atoms with Gasteiger partial charge in [0.25, 0.3) is 5.91 Å². The SMILES string of the molecule is Cc1cc(C)cc(C(=O)NCC(=O)NCCOc2ccc(C(C)C)cc2)c1. The van der Waals surface area contributed by atoms with Crippen LogP contribution in [0.2, 0.25) is 0 Å². The third kappa shape index (κ3) is 6.77. The van der Waals surface area contributed by atoms with E-state index < -0.39 is 0 Å². The monoisotopic (exact) mass is 368 g/mol. The summed E-state index contributed by atoms with van der Waals surface area (Å²) in [5.41, 5.74) is 3.86. The maximum Gasteiger partial charge on any atom is 0.251 e. The third-order valence-electron chi connectivity index (χ3n) is 4.13. The smallest absolute Gasteiger partial charge is 0.251 e. The van der Waals surface area contributed by atoms with Crippen molar-refractivity contribution in [1.29, 1.82) is 0 Å². The average molecular weight is 368 g/mol. The van der Waals surface area contributed by atoms with Crippen molar-refractivity contribution in [1.82, 2.24) is 10.6 Å². The van der Waals surface area contributed by atoms with E-state index in [1.54, 1.807) is 12.1 Å². The molecule has 0 spiro atoms. The molecule has 0 bridgehead atoms. The van der Waals surface area contributed by atoms with E-state index in [-0.39, 0.29) is 18.4 Å². The van der Waals surface area contributed by atoms with Crippen molar-refractivity contribution in [2.24, 2.45) is 0 Å². The largest absolute Gasteiger partial charge is 0.492 e. The van der Waals surface area contributed by atoms with Crippen LogP contribution in [0.25, 0.3) is 0 Å². The van der Waals surface area contributed by atoms with E-state index in [0.29, 0.717) is 24.6 Å². The summed E-state index contributed by atoms with van der Waals surface area (Å²) in [7, 11) is 0. The van der Waals surface area contributed by atoms with Crippen LogP contribution in [0.1, 0.15) is 46.8 Å². The van der Waals surface area contributed by atoms with Gasteiger partial charge in [-0.1, -0.05) is 43.2 Å². The number of rotatable bonds is 8. The lowest BCUT2D eigenvalue weighted by molar-refractivity contribution is -0.120. The number of aryl methyl sites for hydroxylation is 2. The van der Waals surface area contributed by atoms with Crippen molar-refractivity contribution in [2.75, 3.05) is 19.7 Å². The standard InChI is InChI=1S/C22H28N2O3/c1-15(2)18-5-7-20(8-6-18)27-10-9-23-21(25)14-24-22(26)19-12-16(3)11-17(4)13-19/h5-8,11-13,15H,9-10,14H2,1-4H3,(H,23,25)(H,24,26). The number of ether oxygens (including phenoxy) is 1. The second-order valence-electron chi connectivity index (χ2n) is 6.98. The third-order valence-corrected chi connectivity index (χ3v) is 4.13. The predicted octanol–water partition coefficient (Wildman–Crippen LogP) is 3.35. The van der Waals surface area contributed by atoms with Crippen LogP contribution < -0.4 is 15.4 Å². The molecule has 0 saturated heterocycles. The van der Waals surface area contributed by atoms with Crippen LogP contribution in [0.5, 0.6) is 5.75 Å². The van der Waals surface area contributed by atoms with Crippen LogP contribution in [0.3, 0.4) is 0 Å². The number of nitrogens with one attached hydrogen (secondary N) is 2. The van der Waals surface area contributed by atoms with Crippen molar-refractivity contribution >= 4 is 11.8 Å². The summed E-state index contributed by atoms with van der Waals surface area (Å²) in [6.45, 7) is 8.85. The Balaban J connectivity index is 1.68. The summed E-state index contributed by atoms with van der Waals surface area (Å²) in [6, 6.07) is 13.6.